The lowest BCUT2D eigenvalue weighted by atomic mass is 9.82. The number of pyridine rings is 1. The van der Waals surface area contributed by atoms with Crippen molar-refractivity contribution in [1.82, 2.24) is 10.3 Å². The van der Waals surface area contributed by atoms with E-state index in [1.165, 1.54) is 0 Å². The topological polar surface area (TPSA) is 54.4 Å². The molecule has 0 aromatic carbocycles. The lowest BCUT2D eigenvalue weighted by Crippen LogP contribution is -2.46. The summed E-state index contributed by atoms with van der Waals surface area (Å²) < 4.78 is 5.33. The average Bonchev–Trinajstić information content (AvgIpc) is 2.69. The van der Waals surface area contributed by atoms with Gasteiger partial charge in [-0.1, -0.05) is 0 Å². The van der Waals surface area contributed by atoms with Crippen molar-refractivity contribution < 1.29 is 9.84 Å². The zero-order valence-corrected chi connectivity index (χ0v) is 10.0. The number of nitrogens with zero attached hydrogens (tertiary/aromatic N) is 1. The quantitative estimate of drug-likeness (QED) is 0.807. The molecule has 0 radical (unpaired) electrons. The number of hydrogen-bond donors (Lipinski definition) is 2. The highest BCUT2D eigenvalue weighted by Crippen LogP contribution is 2.43. The van der Waals surface area contributed by atoms with Gasteiger partial charge >= 0.3 is 0 Å². The van der Waals surface area contributed by atoms with E-state index in [9.17, 15) is 5.11 Å². The van der Waals surface area contributed by atoms with Crippen LogP contribution in [0.5, 0.6) is 5.75 Å². The number of ether oxygens (including phenoxy) is 1. The van der Waals surface area contributed by atoms with Crippen molar-refractivity contribution in [2.45, 2.75) is 43.4 Å². The van der Waals surface area contributed by atoms with Crippen LogP contribution in [0.3, 0.4) is 0 Å². The van der Waals surface area contributed by atoms with Gasteiger partial charge in [0.05, 0.1) is 12.7 Å². The van der Waals surface area contributed by atoms with Crippen LogP contribution < -0.4 is 10.1 Å². The van der Waals surface area contributed by atoms with Gasteiger partial charge < -0.3 is 15.2 Å². The fourth-order valence-corrected chi connectivity index (χ4v) is 3.25. The third kappa shape index (κ3) is 1.81. The third-order valence-electron chi connectivity index (χ3n) is 4.01. The molecule has 3 rings (SSSR count). The fourth-order valence-electron chi connectivity index (χ4n) is 3.25. The maximum Gasteiger partial charge on any atom is 0.128 e. The molecule has 92 valence electrons. The summed E-state index contributed by atoms with van der Waals surface area (Å²) in [5.74, 6) is 0.740. The van der Waals surface area contributed by atoms with Gasteiger partial charge in [0.15, 0.2) is 0 Å². The van der Waals surface area contributed by atoms with Crippen LogP contribution in [0, 0.1) is 0 Å². The first-order chi connectivity index (χ1) is 8.21. The van der Waals surface area contributed by atoms with Crippen molar-refractivity contribution in [3.05, 3.63) is 24.0 Å². The zero-order valence-electron chi connectivity index (χ0n) is 10.0. The Morgan fingerprint density at radius 3 is 2.76 bits per heavy atom. The molecule has 0 spiro atoms. The summed E-state index contributed by atoms with van der Waals surface area (Å²) in [6.45, 7) is 0. The lowest BCUT2D eigenvalue weighted by molar-refractivity contribution is -0.0135. The van der Waals surface area contributed by atoms with Crippen molar-refractivity contribution >= 4 is 0 Å². The highest BCUT2D eigenvalue weighted by atomic mass is 16.5. The molecule has 2 aliphatic rings. The van der Waals surface area contributed by atoms with Crippen LogP contribution in [0.1, 0.15) is 31.2 Å². The van der Waals surface area contributed by atoms with Gasteiger partial charge in [-0.3, -0.25) is 4.98 Å². The largest absolute Gasteiger partial charge is 0.496 e. The number of aromatic nitrogens is 1. The Morgan fingerprint density at radius 1 is 1.41 bits per heavy atom. The van der Waals surface area contributed by atoms with E-state index >= 15 is 0 Å². The minimum Gasteiger partial charge on any atom is -0.496 e. The van der Waals surface area contributed by atoms with Gasteiger partial charge in [0.25, 0.3) is 0 Å². The molecule has 0 amide bonds. The van der Waals surface area contributed by atoms with E-state index in [0.717, 1.165) is 37.0 Å². The van der Waals surface area contributed by atoms with Gasteiger partial charge in [-0.2, -0.15) is 0 Å². The Hall–Kier alpha value is -1.13. The van der Waals surface area contributed by atoms with Crippen LogP contribution in [0.2, 0.25) is 0 Å². The summed E-state index contributed by atoms with van der Waals surface area (Å²) in [4.78, 5) is 4.12. The van der Waals surface area contributed by atoms with E-state index in [-0.39, 0.29) is 0 Å². The van der Waals surface area contributed by atoms with E-state index in [0.29, 0.717) is 12.1 Å². The Labute approximate surface area is 101 Å². The predicted octanol–water partition coefficient (Wildman–Crippen LogP) is 1.19. The van der Waals surface area contributed by atoms with Crippen LogP contribution in [-0.4, -0.2) is 29.3 Å². The molecule has 17 heavy (non-hydrogen) atoms. The van der Waals surface area contributed by atoms with Crippen LogP contribution in [0.15, 0.2) is 18.5 Å². The molecule has 1 aromatic heterocycles. The standard InChI is InChI=1S/C13H18N2O2/c1-17-12-4-5-14-8-11(12)13(16)6-9-2-3-10(7-13)15-9/h4-5,8-10,15-16H,2-3,6-7H2,1H3. The van der Waals surface area contributed by atoms with Gasteiger partial charge in [0.1, 0.15) is 5.75 Å². The smallest absolute Gasteiger partial charge is 0.128 e. The molecular weight excluding hydrogens is 216 g/mol. The monoisotopic (exact) mass is 234 g/mol. The van der Waals surface area contributed by atoms with E-state index < -0.39 is 5.60 Å². The second-order valence-corrected chi connectivity index (χ2v) is 5.15. The van der Waals surface area contributed by atoms with Gasteiger partial charge in [0, 0.05) is 30.0 Å². The molecule has 2 saturated heterocycles. The van der Waals surface area contributed by atoms with E-state index in [4.69, 9.17) is 4.74 Å². The number of fused-ring (bicyclic) bond motifs is 2. The van der Waals surface area contributed by atoms with Crippen LogP contribution in [-0.2, 0) is 5.60 Å². The molecule has 3 heterocycles. The molecule has 1 aromatic rings. The number of methoxy groups -OCH3 is 1. The van der Waals surface area contributed by atoms with Crippen LogP contribution >= 0.6 is 0 Å². The molecule has 0 aliphatic carbocycles. The first-order valence-electron chi connectivity index (χ1n) is 6.18. The molecule has 4 nitrogen and oxygen atoms in total. The van der Waals surface area contributed by atoms with Gasteiger partial charge in [-0.25, -0.2) is 0 Å². The molecule has 2 aliphatic heterocycles. The van der Waals surface area contributed by atoms with Crippen molar-refractivity contribution in [3.8, 4) is 5.75 Å². The van der Waals surface area contributed by atoms with Crippen molar-refractivity contribution in [3.63, 3.8) is 0 Å². The summed E-state index contributed by atoms with van der Waals surface area (Å²) in [6, 6.07) is 2.68. The van der Waals surface area contributed by atoms with Gasteiger partial charge in [0.2, 0.25) is 0 Å². The van der Waals surface area contributed by atoms with E-state index in [2.05, 4.69) is 10.3 Å². The molecule has 2 bridgehead atoms. The van der Waals surface area contributed by atoms with E-state index in [1.54, 1.807) is 19.5 Å². The minimum absolute atomic E-state index is 0.434. The molecular formula is C13H18N2O2. The highest BCUT2D eigenvalue weighted by Gasteiger charge is 2.44. The molecule has 2 fully saturated rings. The van der Waals surface area contributed by atoms with Crippen molar-refractivity contribution in [2.75, 3.05) is 7.11 Å². The predicted molar refractivity (Wildman–Crippen MR) is 63.9 cm³/mol. The Kier molecular flexibility index (Phi) is 2.56. The summed E-state index contributed by atoms with van der Waals surface area (Å²) >= 11 is 0. The molecule has 2 unspecified atom stereocenters. The van der Waals surface area contributed by atoms with Gasteiger partial charge in [-0.15, -0.1) is 0 Å². The second-order valence-electron chi connectivity index (χ2n) is 5.15. The fraction of sp³-hybridized carbons (Fsp3) is 0.615. The first kappa shape index (κ1) is 11.0. The minimum atomic E-state index is -0.781. The molecule has 2 atom stereocenters. The Bertz CT molecular complexity index is 410. The third-order valence-corrected chi connectivity index (χ3v) is 4.01. The maximum absolute atomic E-state index is 10.9. The van der Waals surface area contributed by atoms with Crippen molar-refractivity contribution in [1.29, 1.82) is 0 Å². The Morgan fingerprint density at radius 2 is 2.12 bits per heavy atom. The number of piperidine rings is 1. The number of nitrogens with one attached hydrogen (secondary N) is 1. The second kappa shape index (κ2) is 3.96. The SMILES string of the molecule is COc1ccncc1C1(O)CC2CCC(C1)N2. The van der Waals surface area contributed by atoms with E-state index in [1.807, 2.05) is 6.07 Å². The van der Waals surface area contributed by atoms with Crippen LogP contribution in [0.4, 0.5) is 0 Å². The average molecular weight is 234 g/mol. The summed E-state index contributed by atoms with van der Waals surface area (Å²) in [5, 5.41) is 14.4. The normalized spacial score (nSPS) is 35.9. The van der Waals surface area contributed by atoms with Crippen LogP contribution in [0.25, 0.3) is 0 Å². The zero-order chi connectivity index (χ0) is 11.9. The Balaban J connectivity index is 1.96. The lowest BCUT2D eigenvalue weighted by Gasteiger charge is -2.37. The summed E-state index contributed by atoms with van der Waals surface area (Å²) in [5.41, 5.74) is 0.0531. The molecule has 4 heteroatoms. The highest BCUT2D eigenvalue weighted by molar-refractivity contribution is 5.36. The molecule has 2 N–H and O–H groups in total. The summed E-state index contributed by atoms with van der Waals surface area (Å²) in [7, 11) is 1.64. The van der Waals surface area contributed by atoms with Crippen molar-refractivity contribution in [2.24, 2.45) is 0 Å². The van der Waals surface area contributed by atoms with Gasteiger partial charge in [-0.05, 0) is 31.7 Å². The number of hydrogen-bond acceptors (Lipinski definition) is 4. The molecule has 0 saturated carbocycles. The first-order valence-corrected chi connectivity index (χ1v) is 6.18. The number of rotatable bonds is 2. The summed E-state index contributed by atoms with van der Waals surface area (Å²) in [6.07, 6.45) is 7.27. The number of aliphatic hydroxyl groups is 1. The maximum atomic E-state index is 10.9.